The summed E-state index contributed by atoms with van der Waals surface area (Å²) >= 11 is 12.0. The minimum absolute atomic E-state index is 0.151. The monoisotopic (exact) mass is 268 g/mol. The summed E-state index contributed by atoms with van der Waals surface area (Å²) in [6, 6.07) is 7.34. The summed E-state index contributed by atoms with van der Waals surface area (Å²) in [6.07, 6.45) is 0. The van der Waals surface area contributed by atoms with E-state index in [-0.39, 0.29) is 5.28 Å². The van der Waals surface area contributed by atoms with Crippen LogP contribution in [-0.2, 0) is 0 Å². The first-order chi connectivity index (χ1) is 8.08. The fourth-order valence-corrected chi connectivity index (χ4v) is 1.68. The SMILES string of the molecule is CN(C)c1nc(Cl)nc(-c2ccccc2Cl)n1. The highest BCUT2D eigenvalue weighted by Crippen LogP contribution is 2.26. The molecule has 1 aromatic carbocycles. The lowest BCUT2D eigenvalue weighted by Gasteiger charge is -2.11. The van der Waals surface area contributed by atoms with Gasteiger partial charge in [0.25, 0.3) is 0 Å². The maximum absolute atomic E-state index is 6.09. The second kappa shape index (κ2) is 4.85. The fourth-order valence-electron chi connectivity index (χ4n) is 1.30. The van der Waals surface area contributed by atoms with E-state index in [1.807, 2.05) is 32.3 Å². The second-order valence-corrected chi connectivity index (χ2v) is 4.35. The number of hydrogen-bond donors (Lipinski definition) is 0. The molecule has 0 atom stereocenters. The molecule has 0 aliphatic rings. The van der Waals surface area contributed by atoms with Crippen molar-refractivity contribution < 1.29 is 0 Å². The lowest BCUT2D eigenvalue weighted by atomic mass is 10.2. The molecule has 0 aliphatic heterocycles. The normalized spacial score (nSPS) is 10.4. The number of halogens is 2. The zero-order valence-electron chi connectivity index (χ0n) is 9.35. The van der Waals surface area contributed by atoms with Crippen molar-refractivity contribution in [3.8, 4) is 11.4 Å². The van der Waals surface area contributed by atoms with Gasteiger partial charge in [-0.05, 0) is 23.7 Å². The fraction of sp³-hybridized carbons (Fsp3) is 0.182. The zero-order valence-corrected chi connectivity index (χ0v) is 10.9. The van der Waals surface area contributed by atoms with Gasteiger partial charge in [-0.3, -0.25) is 0 Å². The summed E-state index contributed by atoms with van der Waals surface area (Å²) in [4.78, 5) is 14.2. The highest BCUT2D eigenvalue weighted by molar-refractivity contribution is 6.33. The van der Waals surface area contributed by atoms with E-state index in [4.69, 9.17) is 23.2 Å². The van der Waals surface area contributed by atoms with Crippen LogP contribution in [0.3, 0.4) is 0 Å². The van der Waals surface area contributed by atoms with Crippen molar-refractivity contribution in [2.24, 2.45) is 0 Å². The lowest BCUT2D eigenvalue weighted by Crippen LogP contribution is -2.14. The maximum Gasteiger partial charge on any atom is 0.229 e. The molecule has 0 fully saturated rings. The molecule has 0 amide bonds. The summed E-state index contributed by atoms with van der Waals surface area (Å²) in [7, 11) is 3.67. The van der Waals surface area contributed by atoms with E-state index in [0.717, 1.165) is 5.56 Å². The Kier molecular flexibility index (Phi) is 3.45. The number of nitrogens with zero attached hydrogens (tertiary/aromatic N) is 4. The predicted molar refractivity (Wildman–Crippen MR) is 69.6 cm³/mol. The Morgan fingerprint density at radius 1 is 1.00 bits per heavy atom. The molecule has 0 spiro atoms. The number of rotatable bonds is 2. The average Bonchev–Trinajstić information content (AvgIpc) is 2.28. The number of aromatic nitrogens is 3. The predicted octanol–water partition coefficient (Wildman–Crippen LogP) is 2.91. The molecule has 0 unspecified atom stereocenters. The number of anilines is 1. The summed E-state index contributed by atoms with van der Waals surface area (Å²) in [6.45, 7) is 0. The van der Waals surface area contributed by atoms with E-state index in [9.17, 15) is 0 Å². The van der Waals surface area contributed by atoms with Crippen molar-refractivity contribution in [3.63, 3.8) is 0 Å². The van der Waals surface area contributed by atoms with Crippen LogP contribution >= 0.6 is 23.2 Å². The van der Waals surface area contributed by atoms with Gasteiger partial charge < -0.3 is 4.90 Å². The van der Waals surface area contributed by atoms with Gasteiger partial charge in [-0.25, -0.2) is 0 Å². The molecule has 0 bridgehead atoms. The Balaban J connectivity index is 2.56. The third-order valence-electron chi connectivity index (χ3n) is 2.11. The van der Waals surface area contributed by atoms with Crippen molar-refractivity contribution in [2.75, 3.05) is 19.0 Å². The summed E-state index contributed by atoms with van der Waals surface area (Å²) in [5.74, 6) is 0.971. The first-order valence-electron chi connectivity index (χ1n) is 4.91. The maximum atomic E-state index is 6.09. The molecule has 88 valence electrons. The van der Waals surface area contributed by atoms with E-state index in [0.29, 0.717) is 16.8 Å². The first kappa shape index (κ1) is 12.1. The van der Waals surface area contributed by atoms with Crippen LogP contribution in [0.2, 0.25) is 10.3 Å². The zero-order chi connectivity index (χ0) is 12.4. The molecule has 2 aromatic rings. The number of benzene rings is 1. The number of hydrogen-bond acceptors (Lipinski definition) is 4. The van der Waals surface area contributed by atoms with E-state index in [1.165, 1.54) is 0 Å². The summed E-state index contributed by atoms with van der Waals surface area (Å²) in [5.41, 5.74) is 0.738. The molecular weight excluding hydrogens is 259 g/mol. The van der Waals surface area contributed by atoms with Gasteiger partial charge in [0.15, 0.2) is 5.82 Å². The van der Waals surface area contributed by atoms with Crippen LogP contribution in [0, 0.1) is 0 Å². The molecule has 0 N–H and O–H groups in total. The van der Waals surface area contributed by atoms with Crippen molar-refractivity contribution >= 4 is 29.2 Å². The standard InChI is InChI=1S/C11H10Cl2N4/c1-17(2)11-15-9(14-10(13)16-11)7-5-3-4-6-8(7)12/h3-6H,1-2H3. The van der Waals surface area contributed by atoms with E-state index < -0.39 is 0 Å². The van der Waals surface area contributed by atoms with E-state index in [2.05, 4.69) is 15.0 Å². The Hall–Kier alpha value is -1.39. The summed E-state index contributed by atoms with van der Waals surface area (Å²) in [5, 5.41) is 0.734. The minimum atomic E-state index is 0.151. The summed E-state index contributed by atoms with van der Waals surface area (Å²) < 4.78 is 0. The van der Waals surface area contributed by atoms with Gasteiger partial charge in [0, 0.05) is 19.7 Å². The molecule has 4 nitrogen and oxygen atoms in total. The Labute approximate surface area is 109 Å². The van der Waals surface area contributed by atoms with Crippen molar-refractivity contribution in [1.82, 2.24) is 15.0 Å². The first-order valence-corrected chi connectivity index (χ1v) is 5.67. The molecule has 17 heavy (non-hydrogen) atoms. The van der Waals surface area contributed by atoms with Gasteiger partial charge in [0.05, 0.1) is 5.02 Å². The van der Waals surface area contributed by atoms with Crippen LogP contribution in [0.15, 0.2) is 24.3 Å². The highest BCUT2D eigenvalue weighted by Gasteiger charge is 2.10. The van der Waals surface area contributed by atoms with Gasteiger partial charge in [-0.1, -0.05) is 23.7 Å². The molecule has 0 saturated carbocycles. The molecule has 1 aromatic heterocycles. The van der Waals surface area contributed by atoms with Crippen LogP contribution in [0.25, 0.3) is 11.4 Å². The Bertz CT molecular complexity index is 543. The quantitative estimate of drug-likeness (QED) is 0.840. The second-order valence-electron chi connectivity index (χ2n) is 3.60. The van der Waals surface area contributed by atoms with Crippen molar-refractivity contribution in [2.45, 2.75) is 0 Å². The van der Waals surface area contributed by atoms with Gasteiger partial charge in [-0.2, -0.15) is 15.0 Å². The van der Waals surface area contributed by atoms with Crippen LogP contribution in [-0.4, -0.2) is 29.0 Å². The molecule has 0 aliphatic carbocycles. The molecule has 1 heterocycles. The highest BCUT2D eigenvalue weighted by atomic mass is 35.5. The lowest BCUT2D eigenvalue weighted by molar-refractivity contribution is 0.962. The van der Waals surface area contributed by atoms with Gasteiger partial charge in [0.2, 0.25) is 11.2 Å². The van der Waals surface area contributed by atoms with Crippen LogP contribution in [0.5, 0.6) is 0 Å². The third-order valence-corrected chi connectivity index (χ3v) is 2.61. The van der Waals surface area contributed by atoms with Crippen LogP contribution in [0.4, 0.5) is 5.95 Å². The molecule has 2 rings (SSSR count). The molecule has 0 radical (unpaired) electrons. The topological polar surface area (TPSA) is 41.9 Å². The molecule has 6 heteroatoms. The van der Waals surface area contributed by atoms with Crippen LogP contribution < -0.4 is 4.90 Å². The Morgan fingerprint density at radius 2 is 1.71 bits per heavy atom. The van der Waals surface area contributed by atoms with Gasteiger partial charge in [0.1, 0.15) is 0 Å². The van der Waals surface area contributed by atoms with Gasteiger partial charge in [-0.15, -0.1) is 0 Å². The smallest absolute Gasteiger partial charge is 0.229 e. The third kappa shape index (κ3) is 2.65. The Morgan fingerprint density at radius 3 is 2.35 bits per heavy atom. The largest absolute Gasteiger partial charge is 0.347 e. The average molecular weight is 269 g/mol. The van der Waals surface area contributed by atoms with Gasteiger partial charge >= 0.3 is 0 Å². The van der Waals surface area contributed by atoms with Crippen LogP contribution in [0.1, 0.15) is 0 Å². The van der Waals surface area contributed by atoms with Crippen molar-refractivity contribution in [3.05, 3.63) is 34.6 Å². The minimum Gasteiger partial charge on any atom is -0.347 e. The molecular formula is C11H10Cl2N4. The van der Waals surface area contributed by atoms with Crippen molar-refractivity contribution in [1.29, 1.82) is 0 Å². The van der Waals surface area contributed by atoms with E-state index in [1.54, 1.807) is 11.0 Å². The molecule has 0 saturated heterocycles. The van der Waals surface area contributed by atoms with E-state index >= 15 is 0 Å².